The Labute approximate surface area is 183 Å². The molecule has 0 aliphatic heterocycles. The maximum Gasteiger partial charge on any atom is 0 e. The van der Waals surface area contributed by atoms with Gasteiger partial charge in [0, 0.05) is 19.5 Å². The maximum absolute atomic E-state index is 2.24. The van der Waals surface area contributed by atoms with Gasteiger partial charge in [-0.3, -0.25) is 0 Å². The van der Waals surface area contributed by atoms with E-state index in [2.05, 4.69) is 121 Å². The number of benzene rings is 6. The van der Waals surface area contributed by atoms with E-state index in [4.69, 9.17) is 0 Å². The van der Waals surface area contributed by atoms with Gasteiger partial charge in [-0.25, -0.2) is 0 Å². The molecular formula is C28H20Zn. The molecule has 0 bridgehead atoms. The van der Waals surface area contributed by atoms with E-state index in [-0.39, 0.29) is 19.5 Å². The predicted octanol–water partition coefficient (Wildman–Crippen LogP) is 7.98. The summed E-state index contributed by atoms with van der Waals surface area (Å²) in [4.78, 5) is 0. The Kier molecular flexibility index (Phi) is 5.70. The average molecular weight is 422 g/mol. The minimum absolute atomic E-state index is 0. The fourth-order valence-electron chi connectivity index (χ4n) is 3.77. The van der Waals surface area contributed by atoms with Gasteiger partial charge < -0.3 is 0 Å². The molecule has 0 aromatic heterocycles. The monoisotopic (exact) mass is 420 g/mol. The molecular weight excluding hydrogens is 402 g/mol. The molecule has 0 N–H and O–H groups in total. The predicted molar refractivity (Wildman–Crippen MR) is 123 cm³/mol. The van der Waals surface area contributed by atoms with E-state index in [1.54, 1.807) is 0 Å². The third-order valence-electron chi connectivity index (χ3n) is 5.23. The molecule has 0 saturated heterocycles. The van der Waals surface area contributed by atoms with Crippen LogP contribution >= 0.6 is 0 Å². The molecule has 6 aromatic carbocycles. The van der Waals surface area contributed by atoms with Gasteiger partial charge in [0.05, 0.1) is 0 Å². The van der Waals surface area contributed by atoms with Gasteiger partial charge in [0.2, 0.25) is 0 Å². The van der Waals surface area contributed by atoms with Crippen LogP contribution in [0, 0.1) is 0 Å². The summed E-state index contributed by atoms with van der Waals surface area (Å²) in [5.74, 6) is 0. The van der Waals surface area contributed by atoms with Crippen LogP contribution in [-0.2, 0) is 19.5 Å². The van der Waals surface area contributed by atoms with E-state index in [9.17, 15) is 0 Å². The zero-order valence-electron chi connectivity index (χ0n) is 16.3. The fraction of sp³-hybridized carbons (Fsp3) is 0. The van der Waals surface area contributed by atoms with Crippen molar-refractivity contribution in [1.82, 2.24) is 0 Å². The Hall–Kier alpha value is -3.02. The first-order valence-electron chi connectivity index (χ1n) is 9.62. The summed E-state index contributed by atoms with van der Waals surface area (Å²) in [6.07, 6.45) is 0. The van der Waals surface area contributed by atoms with Gasteiger partial charge in [-0.05, 0) is 67.4 Å². The zero-order valence-corrected chi connectivity index (χ0v) is 19.2. The average Bonchev–Trinajstić information content (AvgIpc) is 2.76. The summed E-state index contributed by atoms with van der Waals surface area (Å²) in [6, 6.07) is 42.8. The Morgan fingerprint density at radius 3 is 0.517 bits per heavy atom. The van der Waals surface area contributed by atoms with Crippen LogP contribution in [0.2, 0.25) is 0 Å². The van der Waals surface area contributed by atoms with Crippen molar-refractivity contribution in [3.8, 4) is 0 Å². The van der Waals surface area contributed by atoms with E-state index < -0.39 is 0 Å². The Bertz CT molecular complexity index is 1090. The van der Waals surface area contributed by atoms with E-state index in [0.717, 1.165) is 0 Å². The molecule has 0 aliphatic carbocycles. The molecule has 29 heavy (non-hydrogen) atoms. The number of rotatable bonds is 0. The van der Waals surface area contributed by atoms with Crippen LogP contribution in [0.25, 0.3) is 43.1 Å². The summed E-state index contributed by atoms with van der Waals surface area (Å²) in [6.45, 7) is 0. The summed E-state index contributed by atoms with van der Waals surface area (Å²) < 4.78 is 0. The molecule has 0 nitrogen and oxygen atoms in total. The van der Waals surface area contributed by atoms with Gasteiger partial charge in [0.15, 0.2) is 0 Å². The smallest absolute Gasteiger partial charge is 0 e. The maximum atomic E-state index is 2.24. The molecule has 134 valence electrons. The number of hydrogen-bond donors (Lipinski definition) is 0. The Morgan fingerprint density at radius 2 is 0.379 bits per heavy atom. The van der Waals surface area contributed by atoms with Crippen molar-refractivity contribution in [2.24, 2.45) is 0 Å². The van der Waals surface area contributed by atoms with Gasteiger partial charge in [0.1, 0.15) is 0 Å². The molecule has 0 fully saturated rings. The van der Waals surface area contributed by atoms with Crippen LogP contribution in [0.5, 0.6) is 0 Å². The number of hydrogen-bond acceptors (Lipinski definition) is 0. The Morgan fingerprint density at radius 1 is 0.241 bits per heavy atom. The minimum Gasteiger partial charge on any atom is -0.0616 e. The largest absolute Gasteiger partial charge is 0.0616 e. The Balaban J connectivity index is 0.000000137. The van der Waals surface area contributed by atoms with Crippen molar-refractivity contribution in [3.63, 3.8) is 0 Å². The van der Waals surface area contributed by atoms with Gasteiger partial charge in [-0.15, -0.1) is 0 Å². The van der Waals surface area contributed by atoms with Gasteiger partial charge >= 0.3 is 0 Å². The van der Waals surface area contributed by atoms with Crippen molar-refractivity contribution >= 4 is 43.1 Å². The van der Waals surface area contributed by atoms with Crippen LogP contribution in [0.1, 0.15) is 0 Å². The first-order valence-corrected chi connectivity index (χ1v) is 9.62. The van der Waals surface area contributed by atoms with Crippen LogP contribution in [0.3, 0.4) is 0 Å². The van der Waals surface area contributed by atoms with Gasteiger partial charge in [-0.2, -0.15) is 0 Å². The second kappa shape index (κ2) is 8.56. The van der Waals surface area contributed by atoms with Crippen LogP contribution < -0.4 is 0 Å². The summed E-state index contributed by atoms with van der Waals surface area (Å²) in [5.41, 5.74) is 0. The first-order chi connectivity index (χ1) is 13.9. The normalized spacial score (nSPS) is 10.5. The van der Waals surface area contributed by atoms with E-state index in [1.807, 2.05) is 0 Å². The topological polar surface area (TPSA) is 0 Å². The molecule has 0 atom stereocenters. The van der Waals surface area contributed by atoms with Gasteiger partial charge in [0.25, 0.3) is 0 Å². The molecule has 1 heteroatoms. The molecule has 0 heterocycles. The summed E-state index contributed by atoms with van der Waals surface area (Å²) in [5, 5.41) is 10.5. The minimum atomic E-state index is 0. The molecule has 0 spiro atoms. The van der Waals surface area contributed by atoms with Gasteiger partial charge in [-0.1, -0.05) is 97.1 Å². The molecule has 0 saturated carbocycles. The standard InChI is InChI=1S/2C14H10.Zn/c2*1-2-6-12-10-14-8-4-3-7-13(14)9-11(12)5-1;/h2*1-10H;. The van der Waals surface area contributed by atoms with Crippen molar-refractivity contribution in [2.75, 3.05) is 0 Å². The molecule has 0 radical (unpaired) electrons. The second-order valence-corrected chi connectivity index (χ2v) is 7.09. The second-order valence-electron chi connectivity index (χ2n) is 7.09. The molecule has 6 aromatic rings. The SMILES string of the molecule is [Zn].c1ccc2cc3ccccc3cc2c1.c1ccc2cc3ccccc3cc2c1. The number of fused-ring (bicyclic) bond motifs is 4. The third-order valence-corrected chi connectivity index (χ3v) is 5.23. The van der Waals surface area contributed by atoms with Crippen LogP contribution in [-0.4, -0.2) is 0 Å². The van der Waals surface area contributed by atoms with E-state index >= 15 is 0 Å². The first kappa shape index (κ1) is 19.3. The summed E-state index contributed by atoms with van der Waals surface area (Å²) >= 11 is 0. The van der Waals surface area contributed by atoms with Crippen LogP contribution in [0.15, 0.2) is 121 Å². The molecule has 0 unspecified atom stereocenters. The fourth-order valence-corrected chi connectivity index (χ4v) is 3.77. The van der Waals surface area contributed by atoms with Crippen molar-refractivity contribution in [3.05, 3.63) is 121 Å². The van der Waals surface area contributed by atoms with Crippen molar-refractivity contribution in [1.29, 1.82) is 0 Å². The van der Waals surface area contributed by atoms with Crippen molar-refractivity contribution < 1.29 is 19.5 Å². The van der Waals surface area contributed by atoms with E-state index in [1.165, 1.54) is 43.1 Å². The summed E-state index contributed by atoms with van der Waals surface area (Å²) in [7, 11) is 0. The van der Waals surface area contributed by atoms with E-state index in [0.29, 0.717) is 0 Å². The van der Waals surface area contributed by atoms with Crippen LogP contribution in [0.4, 0.5) is 0 Å². The molecule has 6 rings (SSSR count). The molecule has 0 aliphatic rings. The molecule has 0 amide bonds. The third kappa shape index (κ3) is 4.06. The van der Waals surface area contributed by atoms with Crippen molar-refractivity contribution in [2.45, 2.75) is 0 Å². The zero-order chi connectivity index (χ0) is 18.8. The quantitative estimate of drug-likeness (QED) is 0.172.